The molecule has 0 spiro atoms. The van der Waals surface area contributed by atoms with Gasteiger partial charge in [0.15, 0.2) is 0 Å². The van der Waals surface area contributed by atoms with Crippen LogP contribution >= 0.6 is 0 Å². The van der Waals surface area contributed by atoms with Gasteiger partial charge in [0.25, 0.3) is 0 Å². The Labute approximate surface area is 185 Å². The van der Waals surface area contributed by atoms with E-state index >= 15 is 4.39 Å². The van der Waals surface area contributed by atoms with Gasteiger partial charge in [-0.05, 0) is 0 Å². The predicted molar refractivity (Wildman–Crippen MR) is 126 cm³/mol. The van der Waals surface area contributed by atoms with E-state index in [1.54, 1.807) is 0 Å². The molecule has 1 aliphatic rings. The van der Waals surface area contributed by atoms with Crippen molar-refractivity contribution in [1.29, 1.82) is 0 Å². The van der Waals surface area contributed by atoms with Crippen LogP contribution in [-0.2, 0) is 4.74 Å². The molecule has 3 heterocycles. The molecular formula is C24H40FN3OSn. The molecule has 1 saturated heterocycles. The summed E-state index contributed by atoms with van der Waals surface area (Å²) in [5.74, 6) is -0.0613. The molecule has 0 bridgehead atoms. The number of fused-ring (bicyclic) bond motifs is 1. The Morgan fingerprint density at radius 3 is 2.23 bits per heavy atom. The molecular weight excluding hydrogens is 484 g/mol. The monoisotopic (exact) mass is 525 g/mol. The Hall–Kier alpha value is -0.691. The average molecular weight is 524 g/mol. The fourth-order valence-corrected chi connectivity index (χ4v) is 22.3. The zero-order chi connectivity index (χ0) is 21.6. The van der Waals surface area contributed by atoms with E-state index in [2.05, 4.69) is 25.8 Å². The third kappa shape index (κ3) is 5.03. The minimum absolute atomic E-state index is 0.0613. The zero-order valence-electron chi connectivity index (χ0n) is 19.5. The second kappa shape index (κ2) is 11.3. The molecule has 1 fully saturated rings. The minimum atomic E-state index is -2.98. The molecule has 0 saturated carbocycles. The van der Waals surface area contributed by atoms with Gasteiger partial charge in [0.1, 0.15) is 0 Å². The van der Waals surface area contributed by atoms with E-state index in [-0.39, 0.29) is 12.0 Å². The van der Waals surface area contributed by atoms with Crippen LogP contribution < -0.4 is 3.58 Å². The average Bonchev–Trinajstić information content (AvgIpc) is 3.11. The second-order valence-corrected chi connectivity index (χ2v) is 22.1. The van der Waals surface area contributed by atoms with Crippen LogP contribution in [0.15, 0.2) is 6.20 Å². The summed E-state index contributed by atoms with van der Waals surface area (Å²) in [4.78, 5) is 4.57. The number of pyridine rings is 1. The predicted octanol–water partition coefficient (Wildman–Crippen LogP) is 6.63. The molecule has 1 aliphatic heterocycles. The number of aryl methyl sites for hydroxylation is 1. The molecule has 0 amide bonds. The number of unbranched alkanes of at least 4 members (excludes halogenated alkanes) is 3. The third-order valence-corrected chi connectivity index (χ3v) is 22.5. The molecule has 4 nitrogen and oxygen atoms in total. The Morgan fingerprint density at radius 2 is 1.70 bits per heavy atom. The Balaban J connectivity index is 2.18. The van der Waals surface area contributed by atoms with Gasteiger partial charge in [-0.1, -0.05) is 0 Å². The fraction of sp³-hybridized carbons (Fsp3) is 0.750. The Kier molecular flexibility index (Phi) is 8.99. The number of halogens is 1. The summed E-state index contributed by atoms with van der Waals surface area (Å²) in [7, 11) is 0. The van der Waals surface area contributed by atoms with Crippen LogP contribution in [0.4, 0.5) is 4.39 Å². The van der Waals surface area contributed by atoms with Gasteiger partial charge >= 0.3 is 186 Å². The Bertz CT molecular complexity index is 795. The van der Waals surface area contributed by atoms with Gasteiger partial charge in [-0.3, -0.25) is 0 Å². The van der Waals surface area contributed by atoms with Crippen molar-refractivity contribution in [2.45, 2.75) is 105 Å². The number of hydrogen-bond acceptors (Lipinski definition) is 3. The van der Waals surface area contributed by atoms with Crippen molar-refractivity contribution in [3.05, 3.63) is 17.7 Å². The number of rotatable bonds is 11. The van der Waals surface area contributed by atoms with Crippen LogP contribution in [0.1, 0.15) is 90.5 Å². The molecule has 1 atom stereocenters. The van der Waals surface area contributed by atoms with Crippen LogP contribution in [0, 0.1) is 12.7 Å². The van der Waals surface area contributed by atoms with Crippen LogP contribution in [0.25, 0.3) is 11.0 Å². The van der Waals surface area contributed by atoms with E-state index in [0.29, 0.717) is 0 Å². The van der Waals surface area contributed by atoms with E-state index in [4.69, 9.17) is 9.84 Å². The Morgan fingerprint density at radius 1 is 1.07 bits per heavy atom. The summed E-state index contributed by atoms with van der Waals surface area (Å²) in [5.41, 5.74) is 1.79. The first-order chi connectivity index (χ1) is 14.6. The molecule has 2 aromatic heterocycles. The molecule has 0 aliphatic carbocycles. The molecule has 2 aromatic rings. The molecule has 3 rings (SSSR count). The third-order valence-electron chi connectivity index (χ3n) is 6.83. The number of ether oxygens (including phenoxy) is 1. The molecule has 0 N–H and O–H groups in total. The molecule has 0 aromatic carbocycles. The van der Waals surface area contributed by atoms with Crippen molar-refractivity contribution >= 4 is 33.0 Å². The summed E-state index contributed by atoms with van der Waals surface area (Å²) >= 11 is -2.98. The normalized spacial score (nSPS) is 17.7. The van der Waals surface area contributed by atoms with Crippen molar-refractivity contribution in [1.82, 2.24) is 14.8 Å². The zero-order valence-corrected chi connectivity index (χ0v) is 22.3. The molecule has 30 heavy (non-hydrogen) atoms. The fourth-order valence-electron chi connectivity index (χ4n) is 5.18. The number of aromatic nitrogens is 3. The number of hydrogen-bond donors (Lipinski definition) is 0. The SMILES string of the molecule is CCC[CH2][Sn]([CH2]CCC)([CH2]CCC)[c]1c(F)cnc2c1c(C)nn2C1CCCCO1. The van der Waals surface area contributed by atoms with E-state index in [1.165, 1.54) is 58.0 Å². The van der Waals surface area contributed by atoms with E-state index in [0.717, 1.165) is 46.2 Å². The van der Waals surface area contributed by atoms with Crippen molar-refractivity contribution in [3.8, 4) is 0 Å². The van der Waals surface area contributed by atoms with Crippen molar-refractivity contribution < 1.29 is 9.13 Å². The first kappa shape index (κ1) is 24.0. The van der Waals surface area contributed by atoms with Gasteiger partial charge in [-0.25, -0.2) is 0 Å². The van der Waals surface area contributed by atoms with E-state index < -0.39 is 18.4 Å². The topological polar surface area (TPSA) is 39.9 Å². The molecule has 1 unspecified atom stereocenters. The maximum absolute atomic E-state index is 15.6. The van der Waals surface area contributed by atoms with Crippen LogP contribution in [0.3, 0.4) is 0 Å². The van der Waals surface area contributed by atoms with Gasteiger partial charge < -0.3 is 0 Å². The summed E-state index contributed by atoms with van der Waals surface area (Å²) in [6.07, 6.45) is 11.8. The van der Waals surface area contributed by atoms with Crippen molar-refractivity contribution in [2.75, 3.05) is 6.61 Å². The molecule has 6 heteroatoms. The van der Waals surface area contributed by atoms with Gasteiger partial charge in [-0.2, -0.15) is 0 Å². The molecule has 0 radical (unpaired) electrons. The molecule has 168 valence electrons. The van der Waals surface area contributed by atoms with Crippen LogP contribution in [-0.4, -0.2) is 39.7 Å². The van der Waals surface area contributed by atoms with Gasteiger partial charge in [0, 0.05) is 0 Å². The van der Waals surface area contributed by atoms with Crippen molar-refractivity contribution in [2.24, 2.45) is 0 Å². The van der Waals surface area contributed by atoms with Crippen LogP contribution in [0.2, 0.25) is 13.3 Å². The van der Waals surface area contributed by atoms with E-state index in [9.17, 15) is 0 Å². The van der Waals surface area contributed by atoms with Gasteiger partial charge in [-0.15, -0.1) is 0 Å². The van der Waals surface area contributed by atoms with Crippen LogP contribution in [0.5, 0.6) is 0 Å². The summed E-state index contributed by atoms with van der Waals surface area (Å²) in [5, 5.41) is 5.90. The van der Waals surface area contributed by atoms with E-state index in [1.807, 2.05) is 11.6 Å². The number of nitrogens with zero attached hydrogens (tertiary/aromatic N) is 3. The quantitative estimate of drug-likeness (QED) is 0.310. The standard InChI is InChI=1S/C12H13FN3O.3C4H9.Sn/c1-8-10-6-9(13)7-14-12(10)16(15-8)11-4-2-3-5-17-11;3*1-3-4-2;/h7,11H,2-5H2,1H3;3*1,3-4H2,2H3;. The van der Waals surface area contributed by atoms with Gasteiger partial charge in [0.05, 0.1) is 0 Å². The van der Waals surface area contributed by atoms with Gasteiger partial charge in [0.2, 0.25) is 0 Å². The summed E-state index contributed by atoms with van der Waals surface area (Å²) in [6, 6.07) is 0. The summed E-state index contributed by atoms with van der Waals surface area (Å²) in [6.45, 7) is 9.60. The first-order valence-corrected chi connectivity index (χ1v) is 19.7. The van der Waals surface area contributed by atoms with Crippen molar-refractivity contribution in [3.63, 3.8) is 0 Å². The second-order valence-electron chi connectivity index (χ2n) is 9.12. The maximum atomic E-state index is 15.6. The first-order valence-electron chi connectivity index (χ1n) is 12.2. The summed E-state index contributed by atoms with van der Waals surface area (Å²) < 4.78 is 28.4.